The molecule has 9 heteroatoms. The molecule has 3 rings (SSSR count). The minimum absolute atomic E-state index is 0.0398. The molecule has 3 aromatic rings. The average Bonchev–Trinajstić information content (AvgIpc) is 2.61. The molecule has 0 saturated carbocycles. The monoisotopic (exact) mass is 433 g/mol. The predicted molar refractivity (Wildman–Crippen MR) is 110 cm³/mol. The van der Waals surface area contributed by atoms with E-state index in [1.165, 1.54) is 13.0 Å². The van der Waals surface area contributed by atoms with E-state index < -0.39 is 40.7 Å². The summed E-state index contributed by atoms with van der Waals surface area (Å²) in [6.45, 7) is 8.23. The number of aromatic nitrogens is 2. The summed E-state index contributed by atoms with van der Waals surface area (Å²) in [6.07, 6.45) is -0.776. The molecule has 0 fully saturated rings. The zero-order chi connectivity index (χ0) is 23.1. The molecule has 1 heterocycles. The Morgan fingerprint density at radius 1 is 1.13 bits per heavy atom. The van der Waals surface area contributed by atoms with Crippen LogP contribution in [0.5, 0.6) is 0 Å². The summed E-state index contributed by atoms with van der Waals surface area (Å²) in [4.78, 5) is 29.9. The fourth-order valence-corrected chi connectivity index (χ4v) is 3.16. The summed E-state index contributed by atoms with van der Waals surface area (Å²) >= 11 is 0. The number of nitrogens with zero attached hydrogens (tertiary/aromatic N) is 2. The Morgan fingerprint density at radius 2 is 1.74 bits per heavy atom. The van der Waals surface area contributed by atoms with Gasteiger partial charge in [-0.3, -0.25) is 9.36 Å². The first-order chi connectivity index (χ1) is 14.4. The Labute approximate surface area is 176 Å². The van der Waals surface area contributed by atoms with Crippen molar-refractivity contribution in [3.63, 3.8) is 0 Å². The van der Waals surface area contributed by atoms with Crippen LogP contribution in [0.4, 0.5) is 18.0 Å². The Bertz CT molecular complexity index is 1210. The lowest BCUT2D eigenvalue weighted by Gasteiger charge is -2.23. The second-order valence-corrected chi connectivity index (χ2v) is 8.19. The number of ether oxygens (including phenoxy) is 1. The van der Waals surface area contributed by atoms with E-state index in [2.05, 4.69) is 10.3 Å². The highest BCUT2D eigenvalue weighted by Crippen LogP contribution is 2.23. The highest BCUT2D eigenvalue weighted by atomic mass is 19.1. The fraction of sp³-hybridized carbons (Fsp3) is 0.318. The van der Waals surface area contributed by atoms with Gasteiger partial charge < -0.3 is 10.1 Å². The van der Waals surface area contributed by atoms with Crippen LogP contribution in [0.25, 0.3) is 16.6 Å². The van der Waals surface area contributed by atoms with Crippen molar-refractivity contribution >= 4 is 17.0 Å². The molecule has 0 aliphatic heterocycles. The third-order valence-electron chi connectivity index (χ3n) is 4.43. The number of hydrogen-bond donors (Lipinski definition) is 1. The van der Waals surface area contributed by atoms with Crippen molar-refractivity contribution in [3.8, 4) is 5.69 Å². The molecule has 0 radical (unpaired) electrons. The van der Waals surface area contributed by atoms with Gasteiger partial charge in [-0.15, -0.1) is 0 Å². The maximum absolute atomic E-state index is 14.5. The first-order valence-electron chi connectivity index (χ1n) is 9.55. The van der Waals surface area contributed by atoms with Crippen molar-refractivity contribution in [1.82, 2.24) is 14.9 Å². The number of aryl methyl sites for hydroxylation is 1. The first-order valence-corrected chi connectivity index (χ1v) is 9.55. The van der Waals surface area contributed by atoms with Crippen LogP contribution in [-0.4, -0.2) is 21.2 Å². The topological polar surface area (TPSA) is 73.2 Å². The SMILES string of the molecule is Cc1ccc(F)c2c(=O)n(-c3cc(F)cc(F)c3)c(C(C)NC(=O)OC(C)(C)C)nc12. The van der Waals surface area contributed by atoms with Crippen LogP contribution in [0.2, 0.25) is 0 Å². The standard InChI is InChI=1S/C22H22F3N3O3/c1-11-6-7-16(25)17-18(11)27-19(12(2)26-21(30)31-22(3,4)5)28(20(17)29)15-9-13(23)8-14(24)10-15/h6-10,12H,1-5H3,(H,26,30). The van der Waals surface area contributed by atoms with Gasteiger partial charge in [0.25, 0.3) is 5.56 Å². The van der Waals surface area contributed by atoms with Crippen molar-refractivity contribution in [3.05, 3.63) is 69.5 Å². The molecule has 2 aromatic carbocycles. The summed E-state index contributed by atoms with van der Waals surface area (Å²) in [5.41, 5.74) is -1.21. The zero-order valence-electron chi connectivity index (χ0n) is 17.7. The summed E-state index contributed by atoms with van der Waals surface area (Å²) in [5, 5.41) is 2.23. The minimum Gasteiger partial charge on any atom is -0.444 e. The number of amides is 1. The van der Waals surface area contributed by atoms with Crippen LogP contribution < -0.4 is 10.9 Å². The van der Waals surface area contributed by atoms with Crippen molar-refractivity contribution in [2.24, 2.45) is 0 Å². The van der Waals surface area contributed by atoms with Gasteiger partial charge in [0.05, 0.1) is 17.2 Å². The molecule has 0 spiro atoms. The lowest BCUT2D eigenvalue weighted by atomic mass is 10.1. The van der Waals surface area contributed by atoms with Crippen LogP contribution in [0.15, 0.2) is 35.1 Å². The van der Waals surface area contributed by atoms with Gasteiger partial charge in [0.2, 0.25) is 0 Å². The highest BCUT2D eigenvalue weighted by Gasteiger charge is 2.24. The maximum atomic E-state index is 14.5. The molecule has 31 heavy (non-hydrogen) atoms. The van der Waals surface area contributed by atoms with Gasteiger partial charge in [0, 0.05) is 6.07 Å². The highest BCUT2D eigenvalue weighted by molar-refractivity contribution is 5.82. The predicted octanol–water partition coefficient (Wildman–Crippen LogP) is 4.70. The van der Waals surface area contributed by atoms with Crippen molar-refractivity contribution < 1.29 is 22.7 Å². The molecule has 1 atom stereocenters. The lowest BCUT2D eigenvalue weighted by molar-refractivity contribution is 0.0505. The summed E-state index contributed by atoms with van der Waals surface area (Å²) in [6, 6.07) is 4.17. The Balaban J connectivity index is 2.27. The van der Waals surface area contributed by atoms with Gasteiger partial charge in [-0.25, -0.2) is 22.9 Å². The number of halogens is 3. The quantitative estimate of drug-likeness (QED) is 0.650. The largest absolute Gasteiger partial charge is 0.444 e. The number of fused-ring (bicyclic) bond motifs is 1. The maximum Gasteiger partial charge on any atom is 0.408 e. The van der Waals surface area contributed by atoms with Gasteiger partial charge in [-0.2, -0.15) is 0 Å². The number of carbonyl (C=O) groups is 1. The third-order valence-corrected chi connectivity index (χ3v) is 4.43. The van der Waals surface area contributed by atoms with Crippen LogP contribution in [0.1, 0.15) is 45.1 Å². The summed E-state index contributed by atoms with van der Waals surface area (Å²) in [5.74, 6) is -2.71. The van der Waals surface area contributed by atoms with E-state index in [0.29, 0.717) is 11.6 Å². The normalized spacial score (nSPS) is 12.6. The molecule has 164 valence electrons. The molecule has 6 nitrogen and oxygen atoms in total. The van der Waals surface area contributed by atoms with Crippen molar-refractivity contribution in [2.45, 2.75) is 46.3 Å². The second-order valence-electron chi connectivity index (χ2n) is 8.19. The molecule has 0 saturated heterocycles. The fourth-order valence-electron chi connectivity index (χ4n) is 3.16. The van der Waals surface area contributed by atoms with Crippen molar-refractivity contribution in [2.75, 3.05) is 0 Å². The summed E-state index contributed by atoms with van der Waals surface area (Å²) in [7, 11) is 0. The van der Waals surface area contributed by atoms with Gasteiger partial charge in [0.15, 0.2) is 0 Å². The second kappa shape index (κ2) is 8.05. The third kappa shape index (κ3) is 4.70. The number of benzene rings is 2. The molecule has 1 aromatic heterocycles. The lowest BCUT2D eigenvalue weighted by Crippen LogP contribution is -2.37. The number of nitrogens with one attached hydrogen (secondary N) is 1. The number of rotatable bonds is 3. The van der Waals surface area contributed by atoms with Gasteiger partial charge in [-0.1, -0.05) is 6.07 Å². The Morgan fingerprint density at radius 3 is 2.32 bits per heavy atom. The van der Waals surface area contributed by atoms with Crippen LogP contribution in [0, 0.1) is 24.4 Å². The van der Waals surface area contributed by atoms with E-state index in [1.54, 1.807) is 27.7 Å². The molecular weight excluding hydrogens is 411 g/mol. The average molecular weight is 433 g/mol. The first kappa shape index (κ1) is 22.3. The van der Waals surface area contributed by atoms with Gasteiger partial charge >= 0.3 is 6.09 Å². The van der Waals surface area contributed by atoms with Crippen LogP contribution in [-0.2, 0) is 4.74 Å². The van der Waals surface area contributed by atoms with E-state index in [-0.39, 0.29) is 22.4 Å². The molecule has 1 N–H and O–H groups in total. The van der Waals surface area contributed by atoms with E-state index in [9.17, 15) is 22.8 Å². The molecule has 1 amide bonds. The molecular formula is C22H22F3N3O3. The smallest absolute Gasteiger partial charge is 0.408 e. The van der Waals surface area contributed by atoms with Gasteiger partial charge in [0.1, 0.15) is 34.3 Å². The Hall–Kier alpha value is -3.36. The molecule has 1 unspecified atom stereocenters. The molecule has 0 bridgehead atoms. The van der Waals surface area contributed by atoms with Crippen LogP contribution >= 0.6 is 0 Å². The van der Waals surface area contributed by atoms with Crippen molar-refractivity contribution in [1.29, 1.82) is 0 Å². The number of hydrogen-bond acceptors (Lipinski definition) is 4. The van der Waals surface area contributed by atoms with E-state index in [4.69, 9.17) is 4.74 Å². The van der Waals surface area contributed by atoms with E-state index in [0.717, 1.165) is 22.8 Å². The minimum atomic E-state index is -0.926. The Kier molecular flexibility index (Phi) is 5.80. The van der Waals surface area contributed by atoms with Gasteiger partial charge in [-0.05, 0) is 58.4 Å². The molecule has 0 aliphatic carbocycles. The number of carbonyl (C=O) groups excluding carboxylic acids is 1. The van der Waals surface area contributed by atoms with Crippen LogP contribution in [0.3, 0.4) is 0 Å². The van der Waals surface area contributed by atoms with E-state index >= 15 is 0 Å². The van der Waals surface area contributed by atoms with E-state index in [1.807, 2.05) is 0 Å². The zero-order valence-corrected chi connectivity index (χ0v) is 17.7. The molecule has 0 aliphatic rings. The summed E-state index contributed by atoms with van der Waals surface area (Å²) < 4.78 is 48.4. The number of alkyl carbamates (subject to hydrolysis) is 1.